The molecule has 0 aliphatic carbocycles. The number of rotatable bonds is 2. The third-order valence-corrected chi connectivity index (χ3v) is 3.43. The lowest BCUT2D eigenvalue weighted by Crippen LogP contribution is -2.16. The van der Waals surface area contributed by atoms with Crippen LogP contribution in [0.5, 0.6) is 0 Å². The normalized spacial score (nSPS) is 9.90. The molecular formula is C17H19N3O. The average molecular weight is 281 g/mol. The summed E-state index contributed by atoms with van der Waals surface area (Å²) in [5, 5.41) is 2.90. The van der Waals surface area contributed by atoms with E-state index in [9.17, 15) is 4.79 Å². The molecule has 1 aromatic heterocycles. The van der Waals surface area contributed by atoms with E-state index in [1.807, 2.05) is 55.8 Å². The molecule has 4 heteroatoms. The van der Waals surface area contributed by atoms with Crippen LogP contribution in [-0.2, 0) is 7.05 Å². The monoisotopic (exact) mass is 281 g/mol. The Morgan fingerprint density at radius 2 is 2.05 bits per heavy atom. The Labute approximate surface area is 125 Å². The maximum absolute atomic E-state index is 12.3. The molecule has 3 N–H and O–H groups in total. The molecule has 0 saturated heterocycles. The second kappa shape index (κ2) is 6.29. The predicted molar refractivity (Wildman–Crippen MR) is 85.2 cm³/mol. The van der Waals surface area contributed by atoms with E-state index in [4.69, 9.17) is 5.73 Å². The van der Waals surface area contributed by atoms with Crippen LogP contribution in [0.1, 0.15) is 27.3 Å². The first-order valence-electron chi connectivity index (χ1n) is 6.76. The van der Waals surface area contributed by atoms with Gasteiger partial charge in [-0.1, -0.05) is 17.9 Å². The topological polar surface area (TPSA) is 60.0 Å². The van der Waals surface area contributed by atoms with Crippen LogP contribution in [0.3, 0.4) is 0 Å². The minimum atomic E-state index is -0.132. The first-order chi connectivity index (χ1) is 10.0. The number of benzene rings is 1. The summed E-state index contributed by atoms with van der Waals surface area (Å²) in [5.74, 6) is 5.71. The zero-order valence-electron chi connectivity index (χ0n) is 12.5. The molecule has 2 rings (SSSR count). The van der Waals surface area contributed by atoms with Gasteiger partial charge in [-0.3, -0.25) is 4.79 Å². The van der Waals surface area contributed by atoms with Gasteiger partial charge in [0, 0.05) is 24.0 Å². The van der Waals surface area contributed by atoms with E-state index in [-0.39, 0.29) is 5.91 Å². The fourth-order valence-electron chi connectivity index (χ4n) is 2.02. The lowest BCUT2D eigenvalue weighted by atomic mass is 10.1. The van der Waals surface area contributed by atoms with Gasteiger partial charge in [0.15, 0.2) is 0 Å². The molecule has 108 valence electrons. The van der Waals surface area contributed by atoms with Gasteiger partial charge >= 0.3 is 0 Å². The second-order valence-electron chi connectivity index (χ2n) is 4.91. The van der Waals surface area contributed by atoms with Gasteiger partial charge in [-0.15, -0.1) is 0 Å². The van der Waals surface area contributed by atoms with Crippen molar-refractivity contribution in [2.75, 3.05) is 11.9 Å². The van der Waals surface area contributed by atoms with E-state index >= 15 is 0 Å². The van der Waals surface area contributed by atoms with Crippen LogP contribution >= 0.6 is 0 Å². The number of hydrogen-bond donors (Lipinski definition) is 2. The van der Waals surface area contributed by atoms with E-state index in [0.717, 1.165) is 22.5 Å². The van der Waals surface area contributed by atoms with Gasteiger partial charge in [-0.25, -0.2) is 0 Å². The highest BCUT2D eigenvalue weighted by molar-refractivity contribution is 6.03. The van der Waals surface area contributed by atoms with E-state index in [2.05, 4.69) is 17.2 Å². The third-order valence-electron chi connectivity index (χ3n) is 3.43. The average Bonchev–Trinajstić information content (AvgIpc) is 2.79. The Hall–Kier alpha value is -2.51. The summed E-state index contributed by atoms with van der Waals surface area (Å²) in [4.78, 5) is 12.3. The number of carbonyl (C=O) groups excluding carboxylic acids is 1. The molecule has 1 amide bonds. The van der Waals surface area contributed by atoms with Gasteiger partial charge in [0.05, 0.1) is 6.54 Å². The first-order valence-corrected chi connectivity index (χ1v) is 6.76. The van der Waals surface area contributed by atoms with Crippen LogP contribution in [-0.4, -0.2) is 17.0 Å². The molecule has 0 aliphatic rings. The molecule has 0 radical (unpaired) electrons. The standard InChI is InChI=1S/C17H19N3O/c1-12-6-8-15(11-14(12)5-4-10-18)19-17(21)16-9-7-13(2)20(16)3/h6-9,11H,10,18H2,1-3H3,(H,19,21). The number of carbonyl (C=O) groups is 1. The van der Waals surface area contributed by atoms with Crippen molar-refractivity contribution in [3.63, 3.8) is 0 Å². The molecule has 4 nitrogen and oxygen atoms in total. The SMILES string of the molecule is Cc1ccc(NC(=O)c2ccc(C)n2C)cc1C#CCN. The minimum absolute atomic E-state index is 0.132. The van der Waals surface area contributed by atoms with Crippen molar-refractivity contribution in [3.8, 4) is 11.8 Å². The number of nitrogens with two attached hydrogens (primary N) is 1. The van der Waals surface area contributed by atoms with Crippen molar-refractivity contribution >= 4 is 11.6 Å². The summed E-state index contributed by atoms with van der Waals surface area (Å²) in [6, 6.07) is 9.41. The Kier molecular flexibility index (Phi) is 4.46. The molecule has 0 atom stereocenters. The van der Waals surface area contributed by atoms with E-state index in [1.54, 1.807) is 0 Å². The molecule has 0 aliphatic heterocycles. The zero-order valence-corrected chi connectivity index (χ0v) is 12.5. The van der Waals surface area contributed by atoms with Crippen molar-refractivity contribution in [2.45, 2.75) is 13.8 Å². The quantitative estimate of drug-likeness (QED) is 0.829. The van der Waals surface area contributed by atoms with Gasteiger partial charge in [0.1, 0.15) is 5.69 Å². The molecular weight excluding hydrogens is 262 g/mol. The highest BCUT2D eigenvalue weighted by Gasteiger charge is 2.11. The summed E-state index contributed by atoms with van der Waals surface area (Å²) in [6.07, 6.45) is 0. The maximum atomic E-state index is 12.3. The zero-order chi connectivity index (χ0) is 15.4. The molecule has 0 spiro atoms. The number of amides is 1. The Bertz CT molecular complexity index is 732. The number of aromatic nitrogens is 1. The van der Waals surface area contributed by atoms with Gasteiger partial charge in [-0.2, -0.15) is 0 Å². The highest BCUT2D eigenvalue weighted by Crippen LogP contribution is 2.16. The maximum Gasteiger partial charge on any atom is 0.272 e. The highest BCUT2D eigenvalue weighted by atomic mass is 16.1. The van der Waals surface area contributed by atoms with Crippen molar-refractivity contribution in [2.24, 2.45) is 12.8 Å². The number of anilines is 1. The van der Waals surface area contributed by atoms with Crippen LogP contribution < -0.4 is 11.1 Å². The summed E-state index contributed by atoms with van der Waals surface area (Å²) in [6.45, 7) is 4.26. The molecule has 0 unspecified atom stereocenters. The van der Waals surface area contributed by atoms with Gasteiger partial charge < -0.3 is 15.6 Å². The fraction of sp³-hybridized carbons (Fsp3) is 0.235. The molecule has 0 bridgehead atoms. The Balaban J connectivity index is 2.24. The van der Waals surface area contributed by atoms with Crippen molar-refractivity contribution < 1.29 is 4.79 Å². The predicted octanol–water partition coefficient (Wildman–Crippen LogP) is 2.20. The van der Waals surface area contributed by atoms with Crippen LogP contribution in [0.15, 0.2) is 30.3 Å². The molecule has 0 fully saturated rings. The van der Waals surface area contributed by atoms with Crippen molar-refractivity contribution in [1.82, 2.24) is 4.57 Å². The summed E-state index contributed by atoms with van der Waals surface area (Å²) >= 11 is 0. The van der Waals surface area contributed by atoms with Crippen LogP contribution in [0.25, 0.3) is 0 Å². The fourth-order valence-corrected chi connectivity index (χ4v) is 2.02. The van der Waals surface area contributed by atoms with Gasteiger partial charge in [0.2, 0.25) is 0 Å². The lowest BCUT2D eigenvalue weighted by molar-refractivity contribution is 0.101. The van der Waals surface area contributed by atoms with E-state index in [1.165, 1.54) is 0 Å². The number of nitrogens with one attached hydrogen (secondary N) is 1. The Morgan fingerprint density at radius 1 is 1.29 bits per heavy atom. The van der Waals surface area contributed by atoms with E-state index in [0.29, 0.717) is 12.2 Å². The lowest BCUT2D eigenvalue weighted by Gasteiger charge is -2.08. The van der Waals surface area contributed by atoms with Gasteiger partial charge in [0.25, 0.3) is 5.91 Å². The summed E-state index contributed by atoms with van der Waals surface area (Å²) < 4.78 is 1.86. The molecule has 1 aromatic carbocycles. The van der Waals surface area contributed by atoms with Gasteiger partial charge in [-0.05, 0) is 43.7 Å². The number of hydrogen-bond acceptors (Lipinski definition) is 2. The second-order valence-corrected chi connectivity index (χ2v) is 4.91. The van der Waals surface area contributed by atoms with E-state index < -0.39 is 0 Å². The molecule has 2 aromatic rings. The first kappa shape index (κ1) is 14.9. The largest absolute Gasteiger partial charge is 0.344 e. The molecule has 21 heavy (non-hydrogen) atoms. The van der Waals surface area contributed by atoms with Crippen molar-refractivity contribution in [1.29, 1.82) is 0 Å². The van der Waals surface area contributed by atoms with Crippen LogP contribution in [0.2, 0.25) is 0 Å². The Morgan fingerprint density at radius 3 is 2.67 bits per heavy atom. The molecule has 1 heterocycles. The summed E-state index contributed by atoms with van der Waals surface area (Å²) in [7, 11) is 1.87. The number of aryl methyl sites for hydroxylation is 2. The number of nitrogens with zero attached hydrogens (tertiary/aromatic N) is 1. The van der Waals surface area contributed by atoms with Crippen LogP contribution in [0, 0.1) is 25.7 Å². The van der Waals surface area contributed by atoms with Crippen LogP contribution in [0.4, 0.5) is 5.69 Å². The molecule has 0 saturated carbocycles. The summed E-state index contributed by atoms with van der Waals surface area (Å²) in [5.41, 5.74) is 9.72. The minimum Gasteiger partial charge on any atom is -0.344 e. The van der Waals surface area contributed by atoms with Crippen molar-refractivity contribution in [3.05, 3.63) is 52.8 Å². The third kappa shape index (κ3) is 3.33. The smallest absolute Gasteiger partial charge is 0.272 e.